The quantitative estimate of drug-likeness (QED) is 0.190. The molecule has 1 fully saturated rings. The summed E-state index contributed by atoms with van der Waals surface area (Å²) in [4.78, 5) is 45.6. The van der Waals surface area contributed by atoms with Crippen molar-refractivity contribution in [2.75, 3.05) is 4.90 Å². The molecular formula is C33H20Cl2FNO3. The monoisotopic (exact) mass is 567 g/mol. The number of ketones is 3. The molecule has 196 valence electrons. The van der Waals surface area contributed by atoms with Crippen LogP contribution in [0.3, 0.4) is 0 Å². The molecule has 7 heteroatoms. The first kappa shape index (κ1) is 24.9. The Kier molecular flexibility index (Phi) is 5.60. The van der Waals surface area contributed by atoms with E-state index in [-0.39, 0.29) is 27.9 Å². The van der Waals surface area contributed by atoms with Gasteiger partial charge < -0.3 is 4.90 Å². The van der Waals surface area contributed by atoms with Crippen LogP contribution in [0.15, 0.2) is 97.1 Å². The van der Waals surface area contributed by atoms with Crippen molar-refractivity contribution in [3.63, 3.8) is 0 Å². The van der Waals surface area contributed by atoms with Gasteiger partial charge in [-0.15, -0.1) is 0 Å². The van der Waals surface area contributed by atoms with Crippen LogP contribution in [0.25, 0.3) is 6.08 Å². The molecular weight excluding hydrogens is 548 g/mol. The number of fused-ring (bicyclic) bond motifs is 5. The van der Waals surface area contributed by atoms with Crippen LogP contribution in [-0.4, -0.2) is 29.4 Å². The molecule has 4 aromatic rings. The number of carbonyl (C=O) groups is 3. The molecule has 0 amide bonds. The Morgan fingerprint density at radius 1 is 0.825 bits per heavy atom. The summed E-state index contributed by atoms with van der Waals surface area (Å²) in [6.45, 7) is 0. The summed E-state index contributed by atoms with van der Waals surface area (Å²) in [6.07, 6.45) is 3.48. The van der Waals surface area contributed by atoms with Crippen molar-refractivity contribution in [1.29, 1.82) is 0 Å². The lowest BCUT2D eigenvalue weighted by molar-refractivity contribution is 0.0666. The van der Waals surface area contributed by atoms with Crippen molar-refractivity contribution in [2.45, 2.75) is 18.0 Å². The maximum Gasteiger partial charge on any atom is 0.187 e. The number of hydrogen-bond donors (Lipinski definition) is 0. The summed E-state index contributed by atoms with van der Waals surface area (Å²) in [7, 11) is 0. The highest BCUT2D eigenvalue weighted by molar-refractivity contribution is 6.35. The van der Waals surface area contributed by atoms with Gasteiger partial charge in [-0.3, -0.25) is 14.4 Å². The van der Waals surface area contributed by atoms with Crippen LogP contribution < -0.4 is 4.90 Å². The average molecular weight is 568 g/mol. The molecule has 3 atom stereocenters. The zero-order valence-corrected chi connectivity index (χ0v) is 22.4. The molecule has 0 bridgehead atoms. The smallest absolute Gasteiger partial charge is 0.187 e. The van der Waals surface area contributed by atoms with Crippen LogP contribution in [-0.2, 0) is 0 Å². The van der Waals surface area contributed by atoms with Crippen molar-refractivity contribution in [3.8, 4) is 0 Å². The van der Waals surface area contributed by atoms with Crippen LogP contribution in [0.4, 0.5) is 10.1 Å². The van der Waals surface area contributed by atoms with Crippen LogP contribution in [0.2, 0.25) is 10.0 Å². The zero-order valence-electron chi connectivity index (χ0n) is 20.9. The van der Waals surface area contributed by atoms with Gasteiger partial charge in [0.2, 0.25) is 0 Å². The van der Waals surface area contributed by atoms with Gasteiger partial charge in [0.15, 0.2) is 17.3 Å². The predicted octanol–water partition coefficient (Wildman–Crippen LogP) is 7.45. The lowest BCUT2D eigenvalue weighted by atomic mass is 9.64. The van der Waals surface area contributed by atoms with Crippen molar-refractivity contribution < 1.29 is 18.8 Å². The summed E-state index contributed by atoms with van der Waals surface area (Å²) >= 11 is 13.0. The number of halogens is 3. The van der Waals surface area contributed by atoms with Crippen LogP contribution in [0.1, 0.15) is 48.1 Å². The van der Waals surface area contributed by atoms with E-state index in [0.717, 1.165) is 0 Å². The van der Waals surface area contributed by atoms with Crippen molar-refractivity contribution in [3.05, 3.63) is 141 Å². The number of anilines is 1. The fraction of sp³-hybridized carbons (Fsp3) is 0.121. The third-order valence-corrected chi connectivity index (χ3v) is 8.95. The van der Waals surface area contributed by atoms with Gasteiger partial charge in [0, 0.05) is 38.9 Å². The van der Waals surface area contributed by atoms with E-state index < -0.39 is 29.2 Å². The summed E-state index contributed by atoms with van der Waals surface area (Å²) in [5.41, 5.74) is 0.931. The predicted molar refractivity (Wildman–Crippen MR) is 153 cm³/mol. The van der Waals surface area contributed by atoms with E-state index in [1.54, 1.807) is 91.0 Å². The van der Waals surface area contributed by atoms with Gasteiger partial charge in [-0.2, -0.15) is 0 Å². The first-order valence-electron chi connectivity index (χ1n) is 12.8. The topological polar surface area (TPSA) is 54.5 Å². The highest BCUT2D eigenvalue weighted by Gasteiger charge is 2.71. The molecule has 1 aliphatic carbocycles. The van der Waals surface area contributed by atoms with E-state index >= 15 is 0 Å². The molecule has 1 saturated heterocycles. The second kappa shape index (κ2) is 8.98. The molecule has 2 aliphatic heterocycles. The third-order valence-electron chi connectivity index (χ3n) is 8.38. The van der Waals surface area contributed by atoms with E-state index in [1.165, 1.54) is 12.1 Å². The Hall–Kier alpha value is -4.06. The zero-order chi connectivity index (χ0) is 27.8. The SMILES string of the molecule is O=C(c1ccccc1Cl)[C@@H]1[C@@H](c2cccc(Cl)c2)C2(C(=O)c3ccccc3C2=O)C2C=Cc3cc(F)ccc3N21. The summed E-state index contributed by atoms with van der Waals surface area (Å²) < 4.78 is 14.3. The van der Waals surface area contributed by atoms with Gasteiger partial charge in [0.1, 0.15) is 17.3 Å². The minimum atomic E-state index is -1.67. The second-order valence-electron chi connectivity index (χ2n) is 10.3. The van der Waals surface area contributed by atoms with Crippen molar-refractivity contribution in [2.24, 2.45) is 5.41 Å². The molecule has 0 aromatic heterocycles. The van der Waals surface area contributed by atoms with Crippen LogP contribution in [0.5, 0.6) is 0 Å². The Morgan fingerprint density at radius 2 is 1.52 bits per heavy atom. The molecule has 0 radical (unpaired) electrons. The number of rotatable bonds is 3. The number of nitrogens with zero attached hydrogens (tertiary/aromatic N) is 1. The van der Waals surface area contributed by atoms with Crippen molar-refractivity contribution in [1.82, 2.24) is 0 Å². The number of hydrogen-bond acceptors (Lipinski definition) is 4. The number of Topliss-reactive ketones (excluding diaryl/α,β-unsaturated/α-hetero) is 3. The molecule has 40 heavy (non-hydrogen) atoms. The molecule has 4 nitrogen and oxygen atoms in total. The summed E-state index contributed by atoms with van der Waals surface area (Å²) in [5, 5.41) is 0.670. The van der Waals surface area contributed by atoms with E-state index in [9.17, 15) is 18.8 Å². The van der Waals surface area contributed by atoms with Gasteiger partial charge in [-0.1, -0.05) is 83.9 Å². The van der Waals surface area contributed by atoms with E-state index in [2.05, 4.69) is 0 Å². The van der Waals surface area contributed by atoms with Crippen molar-refractivity contribution >= 4 is 52.3 Å². The standard InChI is InChI=1S/C33H20Cl2FNO3/c34-20-7-5-6-19(16-20)28-29(30(38)24-10-3-4-11-25(24)35)37-26-14-13-21(36)17-18(26)12-15-27(37)33(28)31(39)22-8-1-2-9-23(22)32(33)40/h1-17,27-29H/t27?,28-,29+/m1/s1. The first-order chi connectivity index (χ1) is 19.3. The summed E-state index contributed by atoms with van der Waals surface area (Å²) in [6, 6.07) is 22.9. The van der Waals surface area contributed by atoms with E-state index in [1.807, 2.05) is 4.90 Å². The van der Waals surface area contributed by atoms with Gasteiger partial charge >= 0.3 is 0 Å². The average Bonchev–Trinajstić information content (AvgIpc) is 3.39. The highest BCUT2D eigenvalue weighted by Crippen LogP contribution is 2.61. The molecule has 1 spiro atoms. The van der Waals surface area contributed by atoms with Gasteiger partial charge in [0.25, 0.3) is 0 Å². The Bertz CT molecular complexity index is 1760. The van der Waals surface area contributed by atoms with Gasteiger partial charge in [-0.25, -0.2) is 4.39 Å². The fourth-order valence-corrected chi connectivity index (χ4v) is 7.27. The second-order valence-corrected chi connectivity index (χ2v) is 11.2. The van der Waals surface area contributed by atoms with Gasteiger partial charge in [0.05, 0.1) is 11.1 Å². The molecule has 0 saturated carbocycles. The number of benzene rings is 4. The molecule has 4 aromatic carbocycles. The molecule has 3 aliphatic rings. The first-order valence-corrected chi connectivity index (χ1v) is 13.6. The lowest BCUT2D eigenvalue weighted by Gasteiger charge is -2.37. The Labute approximate surface area is 239 Å². The minimum Gasteiger partial charge on any atom is -0.352 e. The Morgan fingerprint density at radius 3 is 2.23 bits per heavy atom. The Balaban J connectivity index is 1.57. The lowest BCUT2D eigenvalue weighted by Crippen LogP contribution is -2.48. The maximum atomic E-state index is 14.6. The minimum absolute atomic E-state index is 0.258. The largest absolute Gasteiger partial charge is 0.352 e. The highest BCUT2D eigenvalue weighted by atomic mass is 35.5. The molecule has 1 unspecified atom stereocenters. The number of carbonyl (C=O) groups excluding carboxylic acids is 3. The third kappa shape index (κ3) is 3.28. The van der Waals surface area contributed by atoms with Gasteiger partial charge in [-0.05, 0) is 48.0 Å². The molecule has 0 N–H and O–H groups in total. The molecule has 7 rings (SSSR count). The normalized spacial score (nSPS) is 21.9. The fourth-order valence-electron chi connectivity index (χ4n) is 6.84. The molecule has 2 heterocycles. The summed E-state index contributed by atoms with van der Waals surface area (Å²) in [5.74, 6) is -2.40. The maximum absolute atomic E-state index is 14.6. The van der Waals surface area contributed by atoms with Crippen LogP contribution >= 0.6 is 23.2 Å². The van der Waals surface area contributed by atoms with E-state index in [4.69, 9.17) is 23.2 Å². The van der Waals surface area contributed by atoms with E-state index in [0.29, 0.717) is 33.0 Å². The van der Waals surface area contributed by atoms with Crippen LogP contribution in [0, 0.1) is 11.2 Å².